The lowest BCUT2D eigenvalue weighted by molar-refractivity contribution is 0.0981. The lowest BCUT2D eigenvalue weighted by Crippen LogP contribution is -2.06. The van der Waals surface area contributed by atoms with Gasteiger partial charge in [0.25, 0.3) is 0 Å². The molecule has 0 aliphatic heterocycles. The van der Waals surface area contributed by atoms with Gasteiger partial charge in [-0.25, -0.2) is 4.39 Å². The Morgan fingerprint density at radius 1 is 1.00 bits per heavy atom. The zero-order valence-corrected chi connectivity index (χ0v) is 14.1. The SMILES string of the molecule is CCC(=O)c1c(-c2ccccc2)c(C)c(-c2ccc(F)cc2)n1C. The standard InChI is InChI=1S/C21H20FNO/c1-4-18(24)21-19(15-8-6-5-7-9-15)14(2)20(23(21)3)16-10-12-17(22)13-11-16/h5-13H,4H2,1-3H3. The maximum Gasteiger partial charge on any atom is 0.179 e. The van der Waals surface area contributed by atoms with Crippen LogP contribution in [0.2, 0.25) is 0 Å². The Balaban J connectivity index is 2.31. The van der Waals surface area contributed by atoms with E-state index in [0.29, 0.717) is 12.1 Å². The summed E-state index contributed by atoms with van der Waals surface area (Å²) in [7, 11) is 1.90. The number of hydrogen-bond donors (Lipinski definition) is 0. The van der Waals surface area contributed by atoms with Crippen LogP contribution in [0.4, 0.5) is 4.39 Å². The average molecular weight is 321 g/mol. The van der Waals surface area contributed by atoms with Crippen molar-refractivity contribution in [1.82, 2.24) is 4.57 Å². The van der Waals surface area contributed by atoms with Crippen LogP contribution < -0.4 is 0 Å². The predicted octanol–water partition coefficient (Wildman–Crippen LogP) is 5.40. The number of aromatic nitrogens is 1. The van der Waals surface area contributed by atoms with Gasteiger partial charge in [0.1, 0.15) is 5.82 Å². The highest BCUT2D eigenvalue weighted by atomic mass is 19.1. The van der Waals surface area contributed by atoms with E-state index in [0.717, 1.165) is 27.9 Å². The molecule has 0 aliphatic carbocycles. The fourth-order valence-corrected chi connectivity index (χ4v) is 3.30. The molecule has 0 fully saturated rings. The van der Waals surface area contributed by atoms with Crippen molar-refractivity contribution in [3.05, 3.63) is 71.7 Å². The predicted molar refractivity (Wildman–Crippen MR) is 95.6 cm³/mol. The summed E-state index contributed by atoms with van der Waals surface area (Å²) in [6.07, 6.45) is 0.444. The first-order chi connectivity index (χ1) is 11.5. The second-order valence-corrected chi connectivity index (χ2v) is 5.91. The van der Waals surface area contributed by atoms with E-state index in [1.165, 1.54) is 12.1 Å². The van der Waals surface area contributed by atoms with Gasteiger partial charge >= 0.3 is 0 Å². The number of carbonyl (C=O) groups excluding carboxylic acids is 1. The van der Waals surface area contributed by atoms with E-state index in [-0.39, 0.29) is 11.6 Å². The summed E-state index contributed by atoms with van der Waals surface area (Å²) in [4.78, 5) is 12.6. The summed E-state index contributed by atoms with van der Waals surface area (Å²) < 4.78 is 15.2. The van der Waals surface area contributed by atoms with Gasteiger partial charge in [0.05, 0.1) is 11.4 Å². The van der Waals surface area contributed by atoms with Gasteiger partial charge in [0.15, 0.2) is 5.78 Å². The number of hydrogen-bond acceptors (Lipinski definition) is 1. The Hall–Kier alpha value is -2.68. The molecule has 122 valence electrons. The van der Waals surface area contributed by atoms with Crippen LogP contribution in [0.3, 0.4) is 0 Å². The van der Waals surface area contributed by atoms with Crippen LogP contribution in [0.15, 0.2) is 54.6 Å². The lowest BCUT2D eigenvalue weighted by atomic mass is 9.97. The van der Waals surface area contributed by atoms with Crippen molar-refractivity contribution >= 4 is 5.78 Å². The molecule has 1 aromatic heterocycles. The highest BCUT2D eigenvalue weighted by Gasteiger charge is 2.23. The zero-order chi connectivity index (χ0) is 17.3. The Morgan fingerprint density at radius 2 is 1.62 bits per heavy atom. The number of halogens is 1. The van der Waals surface area contributed by atoms with E-state index in [1.807, 2.05) is 55.8 Å². The van der Waals surface area contributed by atoms with Crippen LogP contribution in [0.25, 0.3) is 22.4 Å². The van der Waals surface area contributed by atoms with Crippen molar-refractivity contribution < 1.29 is 9.18 Å². The Bertz CT molecular complexity index is 876. The summed E-state index contributed by atoms with van der Waals surface area (Å²) in [5.74, 6) is -0.161. The Labute approximate surface area is 141 Å². The first-order valence-corrected chi connectivity index (χ1v) is 8.08. The molecule has 0 atom stereocenters. The minimum atomic E-state index is -0.265. The molecule has 0 saturated heterocycles. The molecule has 0 amide bonds. The molecule has 0 aliphatic rings. The Morgan fingerprint density at radius 3 is 2.21 bits per heavy atom. The molecule has 3 heteroatoms. The van der Waals surface area contributed by atoms with Gasteiger partial charge in [0, 0.05) is 19.0 Å². The zero-order valence-electron chi connectivity index (χ0n) is 14.1. The molecule has 0 N–H and O–H groups in total. The van der Waals surface area contributed by atoms with Crippen LogP contribution in [0, 0.1) is 12.7 Å². The number of Topliss-reactive ketones (excluding diaryl/α,β-unsaturated/α-hetero) is 1. The number of nitrogens with zero attached hydrogens (tertiary/aromatic N) is 1. The molecule has 0 bridgehead atoms. The minimum Gasteiger partial charge on any atom is -0.340 e. The van der Waals surface area contributed by atoms with E-state index in [1.54, 1.807) is 12.1 Å². The van der Waals surface area contributed by atoms with Crippen LogP contribution in [0.5, 0.6) is 0 Å². The van der Waals surface area contributed by atoms with Crippen molar-refractivity contribution in [3.8, 4) is 22.4 Å². The maximum absolute atomic E-state index is 13.3. The fourth-order valence-electron chi connectivity index (χ4n) is 3.30. The van der Waals surface area contributed by atoms with E-state index in [4.69, 9.17) is 0 Å². The van der Waals surface area contributed by atoms with Crippen molar-refractivity contribution in [2.45, 2.75) is 20.3 Å². The third kappa shape index (κ3) is 2.67. The first-order valence-electron chi connectivity index (χ1n) is 8.08. The fraction of sp³-hybridized carbons (Fsp3) is 0.190. The van der Waals surface area contributed by atoms with Crippen LogP contribution in [0.1, 0.15) is 29.4 Å². The van der Waals surface area contributed by atoms with Crippen molar-refractivity contribution in [3.63, 3.8) is 0 Å². The summed E-state index contributed by atoms with van der Waals surface area (Å²) in [5.41, 5.74) is 5.59. The smallest absolute Gasteiger partial charge is 0.179 e. The average Bonchev–Trinajstić information content (AvgIpc) is 2.86. The van der Waals surface area contributed by atoms with Gasteiger partial charge in [-0.15, -0.1) is 0 Å². The minimum absolute atomic E-state index is 0.104. The maximum atomic E-state index is 13.3. The molecule has 0 spiro atoms. The third-order valence-corrected chi connectivity index (χ3v) is 4.40. The normalized spacial score (nSPS) is 10.8. The summed E-state index contributed by atoms with van der Waals surface area (Å²) in [6, 6.07) is 16.4. The number of benzene rings is 2. The van der Waals surface area contributed by atoms with Gasteiger partial charge < -0.3 is 4.57 Å². The van der Waals surface area contributed by atoms with E-state index < -0.39 is 0 Å². The second-order valence-electron chi connectivity index (χ2n) is 5.91. The molecular formula is C21H20FNO. The number of carbonyl (C=O) groups is 1. The van der Waals surface area contributed by atoms with E-state index in [2.05, 4.69) is 0 Å². The van der Waals surface area contributed by atoms with Gasteiger partial charge in [0.2, 0.25) is 0 Å². The van der Waals surface area contributed by atoms with Crippen LogP contribution in [-0.4, -0.2) is 10.4 Å². The van der Waals surface area contributed by atoms with Crippen molar-refractivity contribution in [2.75, 3.05) is 0 Å². The highest BCUT2D eigenvalue weighted by molar-refractivity contribution is 6.03. The quantitative estimate of drug-likeness (QED) is 0.590. The van der Waals surface area contributed by atoms with Gasteiger partial charge in [-0.2, -0.15) is 0 Å². The van der Waals surface area contributed by atoms with Crippen molar-refractivity contribution in [2.24, 2.45) is 7.05 Å². The summed E-state index contributed by atoms with van der Waals surface area (Å²) in [6.45, 7) is 3.89. The van der Waals surface area contributed by atoms with Crippen LogP contribution >= 0.6 is 0 Å². The topological polar surface area (TPSA) is 22.0 Å². The van der Waals surface area contributed by atoms with Gasteiger partial charge in [-0.05, 0) is 47.9 Å². The molecule has 3 rings (SSSR count). The first kappa shape index (κ1) is 16.2. The number of ketones is 1. The second kappa shape index (κ2) is 6.44. The largest absolute Gasteiger partial charge is 0.340 e. The molecule has 2 aromatic carbocycles. The molecule has 24 heavy (non-hydrogen) atoms. The van der Waals surface area contributed by atoms with Crippen LogP contribution in [-0.2, 0) is 7.05 Å². The van der Waals surface area contributed by atoms with E-state index in [9.17, 15) is 9.18 Å². The highest BCUT2D eigenvalue weighted by Crippen LogP contribution is 2.37. The monoisotopic (exact) mass is 321 g/mol. The molecule has 1 heterocycles. The molecule has 0 saturated carbocycles. The number of rotatable bonds is 4. The van der Waals surface area contributed by atoms with Crippen molar-refractivity contribution in [1.29, 1.82) is 0 Å². The summed E-state index contributed by atoms with van der Waals surface area (Å²) >= 11 is 0. The molecular weight excluding hydrogens is 301 g/mol. The van der Waals surface area contributed by atoms with E-state index >= 15 is 0 Å². The van der Waals surface area contributed by atoms with Gasteiger partial charge in [-0.1, -0.05) is 37.3 Å². The molecule has 0 radical (unpaired) electrons. The lowest BCUT2D eigenvalue weighted by Gasteiger charge is -2.08. The molecule has 3 aromatic rings. The van der Waals surface area contributed by atoms with Gasteiger partial charge in [-0.3, -0.25) is 4.79 Å². The molecule has 2 nitrogen and oxygen atoms in total. The third-order valence-electron chi connectivity index (χ3n) is 4.40. The Kier molecular flexibility index (Phi) is 4.34. The molecule has 0 unspecified atom stereocenters. The summed E-state index contributed by atoms with van der Waals surface area (Å²) in [5, 5.41) is 0.